The van der Waals surface area contributed by atoms with Crippen LogP contribution in [0.4, 0.5) is 4.39 Å². The van der Waals surface area contributed by atoms with Crippen molar-refractivity contribution < 1.29 is 9.18 Å². The lowest BCUT2D eigenvalue weighted by Gasteiger charge is -2.34. The molecule has 1 heterocycles. The molecule has 5 heteroatoms. The number of hydrogen-bond donors (Lipinski definition) is 0. The molecule has 1 aliphatic rings. The molecule has 1 aromatic rings. The quantitative estimate of drug-likeness (QED) is 0.794. The van der Waals surface area contributed by atoms with Gasteiger partial charge in [-0.2, -0.15) is 0 Å². The summed E-state index contributed by atoms with van der Waals surface area (Å²) in [5.41, 5.74) is 1.07. The number of hydrogen-bond acceptors (Lipinski definition) is 2. The topological polar surface area (TPSA) is 23.6 Å². The van der Waals surface area contributed by atoms with E-state index in [1.807, 2.05) is 4.90 Å². The van der Waals surface area contributed by atoms with Gasteiger partial charge in [-0.15, -0.1) is 11.6 Å². The lowest BCUT2D eigenvalue weighted by molar-refractivity contribution is 0.0644. The Morgan fingerprint density at radius 3 is 2.58 bits per heavy atom. The molecule has 1 aromatic carbocycles. The predicted octanol–water partition coefficient (Wildman–Crippen LogP) is 2.13. The number of aryl methyl sites for hydroxylation is 1. The van der Waals surface area contributed by atoms with E-state index in [-0.39, 0.29) is 11.7 Å². The van der Waals surface area contributed by atoms with Crippen LogP contribution in [0.2, 0.25) is 0 Å². The minimum absolute atomic E-state index is 0.0198. The molecule has 1 saturated heterocycles. The van der Waals surface area contributed by atoms with Crippen LogP contribution in [-0.4, -0.2) is 54.3 Å². The highest BCUT2D eigenvalue weighted by Gasteiger charge is 2.21. The first-order chi connectivity index (χ1) is 9.11. The van der Waals surface area contributed by atoms with Gasteiger partial charge in [-0.1, -0.05) is 0 Å². The Morgan fingerprint density at radius 1 is 1.32 bits per heavy atom. The van der Waals surface area contributed by atoms with E-state index < -0.39 is 0 Å². The highest BCUT2D eigenvalue weighted by molar-refractivity contribution is 6.18. The minimum atomic E-state index is -0.275. The van der Waals surface area contributed by atoms with Gasteiger partial charge in [-0.05, 0) is 30.7 Å². The Morgan fingerprint density at radius 2 is 2.00 bits per heavy atom. The van der Waals surface area contributed by atoms with E-state index in [0.29, 0.717) is 30.1 Å². The maximum atomic E-state index is 13.2. The van der Waals surface area contributed by atoms with Gasteiger partial charge in [0.05, 0.1) is 0 Å². The number of piperazine rings is 1. The maximum absolute atomic E-state index is 13.2. The summed E-state index contributed by atoms with van der Waals surface area (Å²) in [7, 11) is 0. The second-order valence-corrected chi connectivity index (χ2v) is 5.16. The van der Waals surface area contributed by atoms with Crippen molar-refractivity contribution >= 4 is 17.5 Å². The molecular weight excluding hydrogens is 267 g/mol. The van der Waals surface area contributed by atoms with Crippen molar-refractivity contribution in [2.24, 2.45) is 0 Å². The molecule has 104 valence electrons. The van der Waals surface area contributed by atoms with Gasteiger partial charge in [-0.3, -0.25) is 9.69 Å². The zero-order chi connectivity index (χ0) is 13.8. The Bertz CT molecular complexity index is 459. The lowest BCUT2D eigenvalue weighted by atomic mass is 10.1. The summed E-state index contributed by atoms with van der Waals surface area (Å²) < 4.78 is 13.2. The third-order valence-electron chi connectivity index (χ3n) is 3.47. The van der Waals surface area contributed by atoms with Crippen molar-refractivity contribution in [3.05, 3.63) is 35.1 Å². The average molecular weight is 285 g/mol. The molecule has 0 saturated carbocycles. The van der Waals surface area contributed by atoms with E-state index in [0.717, 1.165) is 19.6 Å². The van der Waals surface area contributed by atoms with Crippen molar-refractivity contribution in [1.82, 2.24) is 9.80 Å². The summed E-state index contributed by atoms with van der Waals surface area (Å²) in [6, 6.07) is 4.52. The van der Waals surface area contributed by atoms with Crippen molar-refractivity contribution in [2.75, 3.05) is 38.6 Å². The van der Waals surface area contributed by atoms with Crippen molar-refractivity contribution in [3.63, 3.8) is 0 Å². The van der Waals surface area contributed by atoms with Crippen LogP contribution in [0.25, 0.3) is 0 Å². The van der Waals surface area contributed by atoms with Gasteiger partial charge in [0.25, 0.3) is 5.91 Å². The molecule has 0 radical (unpaired) electrons. The molecule has 1 amide bonds. The molecule has 0 N–H and O–H groups in total. The molecule has 0 aliphatic carbocycles. The maximum Gasteiger partial charge on any atom is 0.253 e. The Hall–Kier alpha value is -1.13. The first-order valence-electron chi connectivity index (χ1n) is 6.45. The molecule has 19 heavy (non-hydrogen) atoms. The van der Waals surface area contributed by atoms with E-state index in [1.165, 1.54) is 6.07 Å². The summed E-state index contributed by atoms with van der Waals surface area (Å²) in [5, 5.41) is 0. The second kappa shape index (κ2) is 6.35. The summed E-state index contributed by atoms with van der Waals surface area (Å²) in [6.45, 7) is 5.62. The highest BCUT2D eigenvalue weighted by Crippen LogP contribution is 2.13. The van der Waals surface area contributed by atoms with Crippen LogP contribution in [0.5, 0.6) is 0 Å². The van der Waals surface area contributed by atoms with E-state index in [9.17, 15) is 9.18 Å². The number of rotatable bonds is 3. The third kappa shape index (κ3) is 3.45. The van der Waals surface area contributed by atoms with Crippen molar-refractivity contribution in [1.29, 1.82) is 0 Å². The van der Waals surface area contributed by atoms with Crippen LogP contribution < -0.4 is 0 Å². The zero-order valence-corrected chi connectivity index (χ0v) is 11.8. The van der Waals surface area contributed by atoms with Crippen LogP contribution in [0.3, 0.4) is 0 Å². The van der Waals surface area contributed by atoms with Crippen LogP contribution >= 0.6 is 11.6 Å². The monoisotopic (exact) mass is 284 g/mol. The normalized spacial score (nSPS) is 16.7. The number of carbonyl (C=O) groups excluding carboxylic acids is 1. The smallest absolute Gasteiger partial charge is 0.253 e. The Labute approximate surface area is 117 Å². The molecule has 0 aromatic heterocycles. The van der Waals surface area contributed by atoms with E-state index in [2.05, 4.69) is 4.90 Å². The van der Waals surface area contributed by atoms with Gasteiger partial charge in [0, 0.05) is 44.2 Å². The first kappa shape index (κ1) is 14.3. The average Bonchev–Trinajstić information content (AvgIpc) is 2.42. The summed E-state index contributed by atoms with van der Waals surface area (Å²) in [6.07, 6.45) is 0. The third-order valence-corrected chi connectivity index (χ3v) is 3.63. The molecule has 2 rings (SSSR count). The molecule has 1 fully saturated rings. The minimum Gasteiger partial charge on any atom is -0.336 e. The fraction of sp³-hybridized carbons (Fsp3) is 0.500. The lowest BCUT2D eigenvalue weighted by Crippen LogP contribution is -2.49. The van der Waals surface area contributed by atoms with Gasteiger partial charge in [0.2, 0.25) is 0 Å². The fourth-order valence-electron chi connectivity index (χ4n) is 2.25. The van der Waals surface area contributed by atoms with Crippen LogP contribution in [0, 0.1) is 12.7 Å². The number of halogens is 2. The van der Waals surface area contributed by atoms with Crippen LogP contribution in [0.1, 0.15) is 15.9 Å². The van der Waals surface area contributed by atoms with Gasteiger partial charge in [-0.25, -0.2) is 4.39 Å². The number of nitrogens with zero attached hydrogens (tertiary/aromatic N) is 2. The van der Waals surface area contributed by atoms with E-state index >= 15 is 0 Å². The first-order valence-corrected chi connectivity index (χ1v) is 6.99. The summed E-state index contributed by atoms with van der Waals surface area (Å²) in [4.78, 5) is 16.3. The number of alkyl halides is 1. The Kier molecular flexibility index (Phi) is 4.77. The molecule has 0 unspecified atom stereocenters. The van der Waals surface area contributed by atoms with Crippen LogP contribution in [-0.2, 0) is 0 Å². The molecule has 3 nitrogen and oxygen atoms in total. The van der Waals surface area contributed by atoms with E-state index in [1.54, 1.807) is 19.1 Å². The molecule has 0 bridgehead atoms. The summed E-state index contributed by atoms with van der Waals surface area (Å²) >= 11 is 5.70. The molecular formula is C14H18ClFN2O. The van der Waals surface area contributed by atoms with Gasteiger partial charge < -0.3 is 4.90 Å². The number of carbonyl (C=O) groups is 1. The van der Waals surface area contributed by atoms with E-state index in [4.69, 9.17) is 11.6 Å². The van der Waals surface area contributed by atoms with Crippen molar-refractivity contribution in [3.8, 4) is 0 Å². The van der Waals surface area contributed by atoms with Gasteiger partial charge in [0.1, 0.15) is 5.82 Å². The highest BCUT2D eigenvalue weighted by atomic mass is 35.5. The largest absolute Gasteiger partial charge is 0.336 e. The number of amides is 1. The molecule has 0 spiro atoms. The molecule has 0 atom stereocenters. The van der Waals surface area contributed by atoms with Gasteiger partial charge in [0.15, 0.2) is 0 Å². The summed E-state index contributed by atoms with van der Waals surface area (Å²) in [5.74, 6) is 0.322. The van der Waals surface area contributed by atoms with Gasteiger partial charge >= 0.3 is 0 Å². The number of benzene rings is 1. The Balaban J connectivity index is 1.99. The standard InChI is InChI=1S/C14H18ClFN2O/c1-11-10-12(2-3-13(11)16)14(19)18-8-6-17(5-4-15)7-9-18/h2-3,10H,4-9H2,1H3. The van der Waals surface area contributed by atoms with Crippen molar-refractivity contribution in [2.45, 2.75) is 6.92 Å². The fourth-order valence-corrected chi connectivity index (χ4v) is 2.49. The predicted molar refractivity (Wildman–Crippen MR) is 74.2 cm³/mol. The zero-order valence-electron chi connectivity index (χ0n) is 11.0. The van der Waals surface area contributed by atoms with Crippen LogP contribution in [0.15, 0.2) is 18.2 Å². The SMILES string of the molecule is Cc1cc(C(=O)N2CCN(CCCl)CC2)ccc1F. The second-order valence-electron chi connectivity index (χ2n) is 4.79. The molecule has 1 aliphatic heterocycles.